The Bertz CT molecular complexity index is 1560. The van der Waals surface area contributed by atoms with E-state index in [0.29, 0.717) is 34.9 Å². The van der Waals surface area contributed by atoms with Crippen LogP contribution in [0.1, 0.15) is 40.2 Å². The molecule has 0 spiro atoms. The lowest BCUT2D eigenvalue weighted by atomic mass is 10.1. The molecule has 2 saturated carbocycles. The molecule has 0 saturated heterocycles. The van der Waals surface area contributed by atoms with Gasteiger partial charge in [0.1, 0.15) is 9.75 Å². The second-order valence-electron chi connectivity index (χ2n) is 10.1. The van der Waals surface area contributed by atoms with Gasteiger partial charge in [-0.2, -0.15) is 5.26 Å². The molecule has 2 aliphatic rings. The van der Waals surface area contributed by atoms with Crippen molar-refractivity contribution in [1.82, 2.24) is 0 Å². The first kappa shape index (κ1) is 28.3. The SMILES string of the molecule is Cc1cc(Cl)cc(C2C(C(=O)Nc3ccc(Cl)c(C(=O)Nc4ccc(NC(=O)C5(C#N)CC5)cc4)c3)C2(Cl)Cl)c1. The molecule has 3 N–H and O–H groups in total. The fourth-order valence-corrected chi connectivity index (χ4v) is 5.94. The molecule has 204 valence electrons. The molecule has 0 heterocycles. The van der Waals surface area contributed by atoms with Crippen molar-refractivity contribution < 1.29 is 14.4 Å². The van der Waals surface area contributed by atoms with Gasteiger partial charge in [-0.25, -0.2) is 0 Å². The Labute approximate surface area is 250 Å². The number of benzene rings is 3. The van der Waals surface area contributed by atoms with Crippen LogP contribution < -0.4 is 16.0 Å². The largest absolute Gasteiger partial charge is 0.326 e. The minimum absolute atomic E-state index is 0.141. The first-order valence-corrected chi connectivity index (χ1v) is 13.8. The maximum absolute atomic E-state index is 13.1. The van der Waals surface area contributed by atoms with Crippen LogP contribution >= 0.6 is 46.4 Å². The molecule has 2 aliphatic carbocycles. The number of amides is 3. The van der Waals surface area contributed by atoms with Gasteiger partial charge in [0.15, 0.2) is 0 Å². The van der Waals surface area contributed by atoms with Crippen LogP contribution in [0.3, 0.4) is 0 Å². The third-order valence-electron chi connectivity index (χ3n) is 7.04. The molecule has 3 aromatic rings. The van der Waals surface area contributed by atoms with Crippen molar-refractivity contribution >= 4 is 81.2 Å². The molecule has 0 radical (unpaired) electrons. The number of aryl methyl sites for hydroxylation is 1. The van der Waals surface area contributed by atoms with Crippen LogP contribution in [0, 0.1) is 29.6 Å². The Morgan fingerprint density at radius 1 is 0.875 bits per heavy atom. The number of anilines is 3. The van der Waals surface area contributed by atoms with E-state index in [4.69, 9.17) is 51.7 Å². The van der Waals surface area contributed by atoms with Crippen LogP contribution in [0.4, 0.5) is 17.1 Å². The third kappa shape index (κ3) is 5.63. The second-order valence-corrected chi connectivity index (χ2v) is 12.3. The van der Waals surface area contributed by atoms with Gasteiger partial charge < -0.3 is 16.0 Å². The Morgan fingerprint density at radius 2 is 1.50 bits per heavy atom. The van der Waals surface area contributed by atoms with Crippen molar-refractivity contribution in [1.29, 1.82) is 5.26 Å². The summed E-state index contributed by atoms with van der Waals surface area (Å²) in [5.74, 6) is -2.39. The van der Waals surface area contributed by atoms with E-state index in [9.17, 15) is 14.4 Å². The van der Waals surface area contributed by atoms with Crippen LogP contribution in [-0.2, 0) is 9.59 Å². The monoisotopic (exact) mass is 614 g/mol. The van der Waals surface area contributed by atoms with Crippen LogP contribution in [0.2, 0.25) is 10.0 Å². The maximum atomic E-state index is 13.1. The molecular formula is C29H22Cl4N4O3. The van der Waals surface area contributed by atoms with E-state index in [0.717, 1.165) is 11.1 Å². The molecule has 2 atom stereocenters. The molecule has 0 bridgehead atoms. The van der Waals surface area contributed by atoms with E-state index in [1.165, 1.54) is 12.1 Å². The molecule has 40 heavy (non-hydrogen) atoms. The number of nitrogens with one attached hydrogen (secondary N) is 3. The second kappa shape index (κ2) is 10.6. The van der Waals surface area contributed by atoms with Gasteiger partial charge in [0.2, 0.25) is 11.8 Å². The highest BCUT2D eigenvalue weighted by atomic mass is 35.5. The average Bonchev–Trinajstić information content (AvgIpc) is 3.80. The summed E-state index contributed by atoms with van der Waals surface area (Å²) in [5, 5.41) is 18.1. The average molecular weight is 616 g/mol. The smallest absolute Gasteiger partial charge is 0.257 e. The van der Waals surface area contributed by atoms with Gasteiger partial charge in [0.25, 0.3) is 5.91 Å². The van der Waals surface area contributed by atoms with Crippen LogP contribution in [-0.4, -0.2) is 22.1 Å². The standard InChI is InChI=1S/C29H22Cl4N4O3/c1-15-10-16(12-17(30)11-15)23-24(29(23,32)33)26(39)36-20-6-7-22(31)21(13-20)25(38)35-18-2-4-19(5-3-18)37-27(40)28(14-34)8-9-28/h2-7,10-13,23-24H,8-9H2,1H3,(H,35,38)(H,36,39)(H,37,40). The highest BCUT2D eigenvalue weighted by molar-refractivity contribution is 6.53. The number of carbonyl (C=O) groups excluding carboxylic acids is 3. The highest BCUT2D eigenvalue weighted by Gasteiger charge is 2.67. The minimum atomic E-state index is -1.30. The van der Waals surface area contributed by atoms with Crippen molar-refractivity contribution in [2.24, 2.45) is 11.3 Å². The van der Waals surface area contributed by atoms with Crippen molar-refractivity contribution in [3.63, 3.8) is 0 Å². The normalized spacial score (nSPS) is 19.6. The van der Waals surface area contributed by atoms with E-state index >= 15 is 0 Å². The summed E-state index contributed by atoms with van der Waals surface area (Å²) in [7, 11) is 0. The number of hydrogen-bond acceptors (Lipinski definition) is 4. The number of nitriles is 1. The van der Waals surface area contributed by atoms with E-state index in [-0.39, 0.29) is 16.5 Å². The predicted molar refractivity (Wildman–Crippen MR) is 157 cm³/mol. The quantitative estimate of drug-likeness (QED) is 0.242. The molecule has 11 heteroatoms. The molecule has 2 unspecified atom stereocenters. The van der Waals surface area contributed by atoms with Crippen LogP contribution in [0.25, 0.3) is 0 Å². The topological polar surface area (TPSA) is 111 Å². The lowest BCUT2D eigenvalue weighted by Gasteiger charge is -2.12. The molecule has 0 aromatic heterocycles. The number of halogens is 4. The van der Waals surface area contributed by atoms with Crippen molar-refractivity contribution in [2.75, 3.05) is 16.0 Å². The summed E-state index contributed by atoms with van der Waals surface area (Å²) in [6, 6.07) is 18.5. The Hall–Kier alpha value is -3.28. The first-order chi connectivity index (χ1) is 18.9. The molecular weight excluding hydrogens is 594 g/mol. The molecule has 2 fully saturated rings. The minimum Gasteiger partial charge on any atom is -0.326 e. The summed E-state index contributed by atoms with van der Waals surface area (Å²) in [5.41, 5.74) is 2.22. The molecule has 3 aromatic carbocycles. The van der Waals surface area contributed by atoms with Gasteiger partial charge in [0, 0.05) is 28.0 Å². The van der Waals surface area contributed by atoms with Crippen molar-refractivity contribution in [3.8, 4) is 6.07 Å². The Morgan fingerprint density at radius 3 is 2.10 bits per heavy atom. The lowest BCUT2D eigenvalue weighted by Crippen LogP contribution is -2.22. The number of nitrogens with zero attached hydrogens (tertiary/aromatic N) is 1. The Balaban J connectivity index is 1.24. The van der Waals surface area contributed by atoms with Gasteiger partial charge in [-0.05, 0) is 85.5 Å². The van der Waals surface area contributed by atoms with Gasteiger partial charge in [0.05, 0.1) is 22.6 Å². The van der Waals surface area contributed by atoms with Gasteiger partial charge in [-0.15, -0.1) is 23.2 Å². The van der Waals surface area contributed by atoms with Gasteiger partial charge in [-0.1, -0.05) is 29.3 Å². The molecule has 5 rings (SSSR count). The summed E-state index contributed by atoms with van der Waals surface area (Å²) in [6.07, 6.45) is 1.09. The zero-order valence-corrected chi connectivity index (χ0v) is 24.0. The van der Waals surface area contributed by atoms with E-state index in [1.54, 1.807) is 42.5 Å². The summed E-state index contributed by atoms with van der Waals surface area (Å²) < 4.78 is -1.30. The van der Waals surface area contributed by atoms with Gasteiger partial charge >= 0.3 is 0 Å². The van der Waals surface area contributed by atoms with Gasteiger partial charge in [-0.3, -0.25) is 14.4 Å². The fourth-order valence-electron chi connectivity index (χ4n) is 4.61. The zero-order chi connectivity index (χ0) is 28.8. The highest BCUT2D eigenvalue weighted by Crippen LogP contribution is 2.65. The van der Waals surface area contributed by atoms with Crippen molar-refractivity contribution in [2.45, 2.75) is 30.0 Å². The number of hydrogen-bond donors (Lipinski definition) is 3. The van der Waals surface area contributed by atoms with E-state index < -0.39 is 33.4 Å². The maximum Gasteiger partial charge on any atom is 0.257 e. The molecule has 7 nitrogen and oxygen atoms in total. The summed E-state index contributed by atoms with van der Waals surface area (Å²) in [6.45, 7) is 1.89. The van der Waals surface area contributed by atoms with Crippen molar-refractivity contribution in [3.05, 3.63) is 87.4 Å². The predicted octanol–water partition coefficient (Wildman–Crippen LogP) is 7.32. The molecule has 3 amide bonds. The summed E-state index contributed by atoms with van der Waals surface area (Å²) in [4.78, 5) is 38.3. The summed E-state index contributed by atoms with van der Waals surface area (Å²) >= 11 is 25.4. The molecule has 0 aliphatic heterocycles. The fraction of sp³-hybridized carbons (Fsp3) is 0.241. The number of alkyl halides is 2. The zero-order valence-electron chi connectivity index (χ0n) is 21.0. The number of carbonyl (C=O) groups is 3. The van der Waals surface area contributed by atoms with E-state index in [2.05, 4.69) is 22.0 Å². The Kier molecular flexibility index (Phi) is 7.49. The third-order valence-corrected chi connectivity index (χ3v) is 8.53. The first-order valence-electron chi connectivity index (χ1n) is 12.3. The van der Waals surface area contributed by atoms with Crippen LogP contribution in [0.5, 0.6) is 0 Å². The van der Waals surface area contributed by atoms with E-state index in [1.807, 2.05) is 13.0 Å². The number of rotatable bonds is 7. The van der Waals surface area contributed by atoms with Crippen LogP contribution in [0.15, 0.2) is 60.7 Å². The lowest BCUT2D eigenvalue weighted by molar-refractivity contribution is -0.119.